The molecule has 1 unspecified atom stereocenters. The molecule has 1 saturated heterocycles. The first-order chi connectivity index (χ1) is 16.0. The fraction of sp³-hybridized carbons (Fsp3) is 0.0385. The quantitative estimate of drug-likeness (QED) is 0.271. The molecule has 1 fully saturated rings. The molecule has 2 heterocycles. The molecule has 4 aromatic rings. The van der Waals surface area contributed by atoms with Crippen molar-refractivity contribution < 1.29 is 23.5 Å². The van der Waals surface area contributed by atoms with E-state index in [4.69, 9.17) is 0 Å². The van der Waals surface area contributed by atoms with Gasteiger partial charge in [0.1, 0.15) is 5.76 Å². The second-order valence-corrected chi connectivity index (χ2v) is 7.57. The van der Waals surface area contributed by atoms with Crippen LogP contribution in [0.1, 0.15) is 17.2 Å². The Morgan fingerprint density at radius 3 is 2.36 bits per heavy atom. The summed E-state index contributed by atoms with van der Waals surface area (Å²) < 4.78 is 27.7. The van der Waals surface area contributed by atoms with E-state index >= 15 is 0 Å². The summed E-state index contributed by atoms with van der Waals surface area (Å²) >= 11 is 0. The molecule has 0 radical (unpaired) electrons. The summed E-state index contributed by atoms with van der Waals surface area (Å²) in [6.45, 7) is 0. The Morgan fingerprint density at radius 2 is 1.61 bits per heavy atom. The number of aliphatic hydroxyl groups is 1. The van der Waals surface area contributed by atoms with Crippen LogP contribution in [0.5, 0.6) is 0 Å². The molecule has 1 aromatic heterocycles. The van der Waals surface area contributed by atoms with Crippen LogP contribution in [0.15, 0.2) is 90.8 Å². The smallest absolute Gasteiger partial charge is 0.300 e. The first-order valence-corrected chi connectivity index (χ1v) is 10.1. The van der Waals surface area contributed by atoms with Crippen molar-refractivity contribution in [2.75, 3.05) is 4.90 Å². The third kappa shape index (κ3) is 3.34. The molecular weight excluding hydrogens is 426 g/mol. The number of rotatable bonds is 3. The van der Waals surface area contributed by atoms with Gasteiger partial charge in [0.15, 0.2) is 11.6 Å². The van der Waals surface area contributed by atoms with Gasteiger partial charge in [-0.2, -0.15) is 0 Å². The largest absolute Gasteiger partial charge is 0.507 e. The Kier molecular flexibility index (Phi) is 4.94. The molecule has 1 aliphatic heterocycles. The first-order valence-electron chi connectivity index (χ1n) is 10.1. The van der Waals surface area contributed by atoms with Crippen molar-refractivity contribution in [3.8, 4) is 0 Å². The number of carbonyl (C=O) groups is 2. The van der Waals surface area contributed by atoms with E-state index in [1.54, 1.807) is 12.1 Å². The molecule has 33 heavy (non-hydrogen) atoms. The number of benzene rings is 3. The summed E-state index contributed by atoms with van der Waals surface area (Å²) in [6.07, 6.45) is 2.90. The minimum absolute atomic E-state index is 0.00251. The molecule has 0 aliphatic carbocycles. The van der Waals surface area contributed by atoms with Crippen LogP contribution in [-0.2, 0) is 9.59 Å². The molecule has 0 bridgehead atoms. The molecule has 1 N–H and O–H groups in total. The highest BCUT2D eigenvalue weighted by Gasteiger charge is 2.47. The fourth-order valence-electron chi connectivity index (χ4n) is 4.18. The van der Waals surface area contributed by atoms with Gasteiger partial charge in [-0.1, -0.05) is 42.5 Å². The molecular formula is C26H16F2N2O3. The summed E-state index contributed by atoms with van der Waals surface area (Å²) in [6, 6.07) is 17.7. The van der Waals surface area contributed by atoms with Crippen LogP contribution < -0.4 is 4.90 Å². The number of ketones is 1. The number of aromatic nitrogens is 1. The van der Waals surface area contributed by atoms with Crippen molar-refractivity contribution in [1.82, 2.24) is 4.98 Å². The van der Waals surface area contributed by atoms with Crippen LogP contribution in [0, 0.1) is 11.6 Å². The maximum atomic E-state index is 14.1. The maximum Gasteiger partial charge on any atom is 0.300 e. The fourth-order valence-corrected chi connectivity index (χ4v) is 4.18. The van der Waals surface area contributed by atoms with Gasteiger partial charge in [0, 0.05) is 29.7 Å². The van der Waals surface area contributed by atoms with Crippen LogP contribution in [0.3, 0.4) is 0 Å². The number of hydrogen-bond donors (Lipinski definition) is 1. The summed E-state index contributed by atoms with van der Waals surface area (Å²) in [5.41, 5.74) is 0.723. The first kappa shape index (κ1) is 20.5. The third-order valence-electron chi connectivity index (χ3n) is 5.70. The van der Waals surface area contributed by atoms with Crippen LogP contribution in [-0.4, -0.2) is 21.8 Å². The van der Waals surface area contributed by atoms with Crippen molar-refractivity contribution in [2.24, 2.45) is 0 Å². The summed E-state index contributed by atoms with van der Waals surface area (Å²) in [4.78, 5) is 31.4. The van der Waals surface area contributed by atoms with Crippen LogP contribution in [0.4, 0.5) is 14.5 Å². The zero-order valence-electron chi connectivity index (χ0n) is 17.1. The van der Waals surface area contributed by atoms with Gasteiger partial charge in [-0.05, 0) is 40.6 Å². The molecule has 7 heteroatoms. The van der Waals surface area contributed by atoms with E-state index < -0.39 is 29.4 Å². The second kappa shape index (κ2) is 7.94. The van der Waals surface area contributed by atoms with Crippen molar-refractivity contribution in [3.05, 3.63) is 114 Å². The number of fused-ring (bicyclic) bond motifs is 1. The maximum absolute atomic E-state index is 14.1. The van der Waals surface area contributed by atoms with Crippen molar-refractivity contribution >= 4 is 33.9 Å². The van der Waals surface area contributed by atoms with Gasteiger partial charge in [0.2, 0.25) is 0 Å². The highest BCUT2D eigenvalue weighted by molar-refractivity contribution is 6.51. The Bertz CT molecular complexity index is 1450. The summed E-state index contributed by atoms with van der Waals surface area (Å²) in [7, 11) is 0. The van der Waals surface area contributed by atoms with E-state index in [2.05, 4.69) is 4.98 Å². The van der Waals surface area contributed by atoms with Gasteiger partial charge in [-0.25, -0.2) is 8.78 Å². The molecule has 162 valence electrons. The molecule has 1 atom stereocenters. The lowest BCUT2D eigenvalue weighted by molar-refractivity contribution is -0.132. The lowest BCUT2D eigenvalue weighted by Crippen LogP contribution is -2.29. The van der Waals surface area contributed by atoms with Crippen molar-refractivity contribution in [1.29, 1.82) is 0 Å². The van der Waals surface area contributed by atoms with Gasteiger partial charge in [0.25, 0.3) is 11.7 Å². The molecule has 3 aromatic carbocycles. The minimum atomic E-state index is -1.15. The summed E-state index contributed by atoms with van der Waals surface area (Å²) in [5.74, 6) is -4.48. The number of pyridine rings is 1. The number of carbonyl (C=O) groups excluding carboxylic acids is 2. The second-order valence-electron chi connectivity index (χ2n) is 7.57. The van der Waals surface area contributed by atoms with Crippen LogP contribution >= 0.6 is 0 Å². The average molecular weight is 442 g/mol. The highest BCUT2D eigenvalue weighted by Crippen LogP contribution is 2.44. The predicted molar refractivity (Wildman–Crippen MR) is 119 cm³/mol. The Morgan fingerprint density at radius 1 is 0.879 bits per heavy atom. The number of Topliss-reactive ketones (excluding diaryl/α,β-unsaturated/α-hetero) is 1. The monoisotopic (exact) mass is 442 g/mol. The lowest BCUT2D eigenvalue weighted by Gasteiger charge is -2.26. The zero-order valence-corrected chi connectivity index (χ0v) is 17.1. The van der Waals surface area contributed by atoms with E-state index in [9.17, 15) is 23.5 Å². The van der Waals surface area contributed by atoms with Crippen LogP contribution in [0.2, 0.25) is 0 Å². The SMILES string of the molecule is O=C1C(=O)N(c2ccc(F)c(F)c2)C(c2cccc3ccccc23)/C1=C(/O)c1ccncc1. The van der Waals surface area contributed by atoms with Crippen molar-refractivity contribution in [3.63, 3.8) is 0 Å². The van der Waals surface area contributed by atoms with Gasteiger partial charge in [-0.3, -0.25) is 19.5 Å². The molecule has 5 rings (SSSR count). The number of halogens is 2. The van der Waals surface area contributed by atoms with E-state index in [1.807, 2.05) is 30.3 Å². The zero-order chi connectivity index (χ0) is 23.1. The van der Waals surface area contributed by atoms with E-state index in [0.29, 0.717) is 11.1 Å². The molecule has 0 saturated carbocycles. The van der Waals surface area contributed by atoms with Gasteiger partial charge in [-0.15, -0.1) is 0 Å². The van der Waals surface area contributed by atoms with Gasteiger partial charge < -0.3 is 5.11 Å². The molecule has 0 spiro atoms. The number of hydrogen-bond acceptors (Lipinski definition) is 4. The Hall–Kier alpha value is -4.39. The van der Waals surface area contributed by atoms with E-state index in [0.717, 1.165) is 27.8 Å². The van der Waals surface area contributed by atoms with E-state index in [1.165, 1.54) is 30.6 Å². The van der Waals surface area contributed by atoms with Gasteiger partial charge >= 0.3 is 0 Å². The summed E-state index contributed by atoms with van der Waals surface area (Å²) in [5, 5.41) is 12.7. The Labute approximate surface area is 187 Å². The number of anilines is 1. The normalized spacial score (nSPS) is 17.6. The Balaban J connectivity index is 1.82. The van der Waals surface area contributed by atoms with Crippen LogP contribution in [0.25, 0.3) is 16.5 Å². The lowest BCUT2D eigenvalue weighted by atomic mass is 9.91. The van der Waals surface area contributed by atoms with E-state index in [-0.39, 0.29) is 17.0 Å². The third-order valence-corrected chi connectivity index (χ3v) is 5.70. The standard InChI is InChI=1S/C26H16F2N2O3/c27-20-9-8-17(14-21(20)28)30-23(19-7-3-5-15-4-1-2-6-18(15)19)22(25(32)26(30)33)24(31)16-10-12-29-13-11-16/h1-14,23,31H/b24-22-. The average Bonchev–Trinajstić information content (AvgIpc) is 3.11. The molecule has 1 aliphatic rings. The van der Waals surface area contributed by atoms with Crippen molar-refractivity contribution in [2.45, 2.75) is 6.04 Å². The molecule has 1 amide bonds. The topological polar surface area (TPSA) is 70.5 Å². The van der Waals surface area contributed by atoms with Gasteiger partial charge in [0.05, 0.1) is 11.6 Å². The number of nitrogens with zero attached hydrogens (tertiary/aromatic N) is 2. The number of aliphatic hydroxyl groups excluding tert-OH is 1. The highest BCUT2D eigenvalue weighted by atomic mass is 19.2. The minimum Gasteiger partial charge on any atom is -0.507 e. The number of amides is 1. The molecule has 5 nitrogen and oxygen atoms in total. The predicted octanol–water partition coefficient (Wildman–Crippen LogP) is 5.14.